The van der Waals surface area contributed by atoms with Gasteiger partial charge < -0.3 is 24.6 Å². The van der Waals surface area contributed by atoms with Crippen LogP contribution >= 0.6 is 0 Å². The van der Waals surface area contributed by atoms with Gasteiger partial charge in [-0.3, -0.25) is 9.78 Å². The number of primary amides is 1. The number of aromatic nitrogens is 2. The van der Waals surface area contributed by atoms with Gasteiger partial charge >= 0.3 is 6.09 Å². The summed E-state index contributed by atoms with van der Waals surface area (Å²) >= 11 is 0. The summed E-state index contributed by atoms with van der Waals surface area (Å²) in [6.07, 6.45) is 3.98. The van der Waals surface area contributed by atoms with Crippen molar-refractivity contribution in [2.45, 2.75) is 58.1 Å². The highest BCUT2D eigenvalue weighted by Gasteiger charge is 2.35. The second-order valence-electron chi connectivity index (χ2n) is 8.52. The van der Waals surface area contributed by atoms with Crippen molar-refractivity contribution in [1.29, 1.82) is 0 Å². The number of carbonyl (C=O) groups excluding carboxylic acids is 2. The fourth-order valence-corrected chi connectivity index (χ4v) is 3.06. The third-order valence-corrected chi connectivity index (χ3v) is 4.75. The zero-order valence-electron chi connectivity index (χ0n) is 17.8. The van der Waals surface area contributed by atoms with E-state index in [-0.39, 0.29) is 30.4 Å². The summed E-state index contributed by atoms with van der Waals surface area (Å²) < 4.78 is 16.7. The highest BCUT2D eigenvalue weighted by atomic mass is 16.6. The molecule has 1 aliphatic rings. The molecule has 1 aliphatic heterocycles. The topological polar surface area (TPSA) is 121 Å². The quantitative estimate of drug-likeness (QED) is 0.736. The number of likely N-dealkylation sites (tertiary alicyclic amines) is 1. The first-order chi connectivity index (χ1) is 14.1. The minimum Gasteiger partial charge on any atom is -0.490 e. The summed E-state index contributed by atoms with van der Waals surface area (Å²) in [4.78, 5) is 29.2. The Balaban J connectivity index is 1.59. The maximum Gasteiger partial charge on any atom is 0.410 e. The van der Waals surface area contributed by atoms with Crippen LogP contribution in [0.3, 0.4) is 0 Å². The van der Waals surface area contributed by atoms with Gasteiger partial charge in [-0.05, 0) is 33.3 Å². The normalized spacial score (nSPS) is 17.2. The highest BCUT2D eigenvalue weighted by molar-refractivity contribution is 5.74. The third-order valence-electron chi connectivity index (χ3n) is 4.75. The summed E-state index contributed by atoms with van der Waals surface area (Å²) in [5, 5.41) is 4.02. The van der Waals surface area contributed by atoms with Gasteiger partial charge in [-0.1, -0.05) is 12.1 Å². The van der Waals surface area contributed by atoms with E-state index in [9.17, 15) is 9.59 Å². The number of hydrogen-bond donors (Lipinski definition) is 1. The molecule has 2 aromatic heterocycles. The van der Waals surface area contributed by atoms with Crippen LogP contribution in [-0.4, -0.2) is 51.8 Å². The Labute approximate surface area is 175 Å². The van der Waals surface area contributed by atoms with Crippen molar-refractivity contribution in [1.82, 2.24) is 15.0 Å². The largest absolute Gasteiger partial charge is 0.490 e. The first-order valence-corrected chi connectivity index (χ1v) is 9.95. The van der Waals surface area contributed by atoms with E-state index in [1.54, 1.807) is 29.4 Å². The molecule has 1 fully saturated rings. The number of amides is 2. The minimum absolute atomic E-state index is 0.0324. The van der Waals surface area contributed by atoms with Crippen LogP contribution in [-0.2, 0) is 9.53 Å². The molecule has 0 saturated carbocycles. The van der Waals surface area contributed by atoms with Crippen molar-refractivity contribution < 1.29 is 23.6 Å². The standard InChI is InChI=1S/C21H28N4O5/c1-13(7-19(22)26)17-9-18(30-24-17)14-8-16(11-23-10-14)28-12-15-5-6-25(15)20(27)29-21(2,3)4/h8-11,13,15H,5-7,12H2,1-4H3,(H2,22,26). The summed E-state index contributed by atoms with van der Waals surface area (Å²) in [5.74, 6) is 0.565. The predicted octanol–water partition coefficient (Wildman–Crippen LogP) is 3.10. The Kier molecular flexibility index (Phi) is 6.28. The van der Waals surface area contributed by atoms with E-state index in [1.165, 1.54) is 0 Å². The molecule has 30 heavy (non-hydrogen) atoms. The second-order valence-corrected chi connectivity index (χ2v) is 8.52. The molecule has 0 bridgehead atoms. The Morgan fingerprint density at radius 3 is 2.73 bits per heavy atom. The van der Waals surface area contributed by atoms with Gasteiger partial charge in [0.2, 0.25) is 5.91 Å². The van der Waals surface area contributed by atoms with Crippen LogP contribution in [0.4, 0.5) is 4.79 Å². The number of rotatable bonds is 7. The van der Waals surface area contributed by atoms with Gasteiger partial charge in [0.25, 0.3) is 0 Å². The average Bonchev–Trinajstić information content (AvgIpc) is 3.09. The van der Waals surface area contributed by atoms with Gasteiger partial charge in [-0.2, -0.15) is 0 Å². The number of pyridine rings is 1. The van der Waals surface area contributed by atoms with Crippen molar-refractivity contribution in [2.75, 3.05) is 13.2 Å². The molecule has 2 unspecified atom stereocenters. The molecule has 2 amide bonds. The third kappa shape index (κ3) is 5.49. The lowest BCUT2D eigenvalue weighted by molar-refractivity contribution is -0.118. The summed E-state index contributed by atoms with van der Waals surface area (Å²) in [5.41, 5.74) is 6.07. The van der Waals surface area contributed by atoms with E-state index in [1.807, 2.05) is 27.7 Å². The molecule has 3 rings (SSSR count). The molecule has 2 atom stereocenters. The highest BCUT2D eigenvalue weighted by Crippen LogP contribution is 2.28. The van der Waals surface area contributed by atoms with E-state index in [0.717, 1.165) is 6.42 Å². The van der Waals surface area contributed by atoms with Gasteiger partial charge in [-0.25, -0.2) is 4.79 Å². The van der Waals surface area contributed by atoms with Crippen molar-refractivity contribution in [3.8, 4) is 17.1 Å². The van der Waals surface area contributed by atoms with E-state index in [0.29, 0.717) is 35.9 Å². The number of ether oxygens (including phenoxy) is 2. The van der Waals surface area contributed by atoms with Crippen molar-refractivity contribution >= 4 is 12.0 Å². The molecule has 2 aromatic rings. The first kappa shape index (κ1) is 21.6. The van der Waals surface area contributed by atoms with Crippen LogP contribution in [0.2, 0.25) is 0 Å². The number of nitrogens with zero attached hydrogens (tertiary/aromatic N) is 3. The van der Waals surface area contributed by atoms with Gasteiger partial charge in [0, 0.05) is 36.7 Å². The summed E-state index contributed by atoms with van der Waals surface area (Å²) in [6.45, 7) is 8.40. The zero-order chi connectivity index (χ0) is 21.9. The molecule has 9 heteroatoms. The number of carbonyl (C=O) groups is 2. The molecule has 0 aromatic carbocycles. The SMILES string of the molecule is CC(CC(N)=O)c1cc(-c2cncc(OCC3CCN3C(=O)OC(C)(C)C)c2)on1. The Morgan fingerprint density at radius 1 is 1.33 bits per heavy atom. The lowest BCUT2D eigenvalue weighted by Gasteiger charge is -2.40. The Hall–Kier alpha value is -3.10. The van der Waals surface area contributed by atoms with E-state index in [4.69, 9.17) is 19.7 Å². The zero-order valence-corrected chi connectivity index (χ0v) is 17.8. The minimum atomic E-state index is -0.527. The summed E-state index contributed by atoms with van der Waals surface area (Å²) in [7, 11) is 0. The molecule has 9 nitrogen and oxygen atoms in total. The molecular weight excluding hydrogens is 388 g/mol. The fraction of sp³-hybridized carbons (Fsp3) is 0.524. The molecule has 162 valence electrons. The monoisotopic (exact) mass is 416 g/mol. The van der Waals surface area contributed by atoms with Crippen LogP contribution in [0.25, 0.3) is 11.3 Å². The van der Waals surface area contributed by atoms with Crippen LogP contribution in [0, 0.1) is 0 Å². The molecule has 1 saturated heterocycles. The average molecular weight is 416 g/mol. The lowest BCUT2D eigenvalue weighted by Crippen LogP contribution is -2.55. The lowest BCUT2D eigenvalue weighted by atomic mass is 10.0. The summed E-state index contributed by atoms with van der Waals surface area (Å²) in [6, 6.07) is 3.53. The molecule has 0 radical (unpaired) electrons. The fourth-order valence-electron chi connectivity index (χ4n) is 3.06. The van der Waals surface area contributed by atoms with Gasteiger partial charge in [0.15, 0.2) is 5.76 Å². The second kappa shape index (κ2) is 8.73. The van der Waals surface area contributed by atoms with Gasteiger partial charge in [0.05, 0.1) is 17.9 Å². The van der Waals surface area contributed by atoms with Crippen LogP contribution in [0.15, 0.2) is 29.0 Å². The molecule has 2 N–H and O–H groups in total. The molecule has 0 spiro atoms. The molecule has 0 aliphatic carbocycles. The number of nitrogens with two attached hydrogens (primary N) is 1. The van der Waals surface area contributed by atoms with Crippen molar-refractivity contribution in [2.24, 2.45) is 5.73 Å². The van der Waals surface area contributed by atoms with E-state index >= 15 is 0 Å². The van der Waals surface area contributed by atoms with Crippen molar-refractivity contribution in [3.05, 3.63) is 30.2 Å². The van der Waals surface area contributed by atoms with Gasteiger partial charge in [0.1, 0.15) is 18.0 Å². The van der Waals surface area contributed by atoms with Crippen LogP contribution in [0.1, 0.15) is 52.1 Å². The smallest absolute Gasteiger partial charge is 0.410 e. The van der Waals surface area contributed by atoms with Crippen molar-refractivity contribution in [3.63, 3.8) is 0 Å². The Bertz CT molecular complexity index is 905. The Morgan fingerprint density at radius 2 is 2.10 bits per heavy atom. The van der Waals surface area contributed by atoms with Gasteiger partial charge in [-0.15, -0.1) is 0 Å². The molecule has 3 heterocycles. The van der Waals surface area contributed by atoms with E-state index < -0.39 is 5.60 Å². The first-order valence-electron chi connectivity index (χ1n) is 9.95. The van der Waals surface area contributed by atoms with E-state index in [2.05, 4.69) is 10.1 Å². The van der Waals surface area contributed by atoms with Crippen LogP contribution in [0.5, 0.6) is 5.75 Å². The maximum absolute atomic E-state index is 12.2. The van der Waals surface area contributed by atoms with Crippen LogP contribution < -0.4 is 10.5 Å². The predicted molar refractivity (Wildman–Crippen MR) is 109 cm³/mol. The maximum atomic E-state index is 12.2. The number of hydrogen-bond acceptors (Lipinski definition) is 7. The molecular formula is C21H28N4O5.